The molecule has 0 radical (unpaired) electrons. The molecule has 1 amide bonds. The highest BCUT2D eigenvalue weighted by atomic mass is 35.5. The summed E-state index contributed by atoms with van der Waals surface area (Å²) in [7, 11) is 0. The van der Waals surface area contributed by atoms with Gasteiger partial charge >= 0.3 is 0 Å². The number of aromatic nitrogens is 1. The molecule has 3 N–H and O–H groups in total. The van der Waals surface area contributed by atoms with Crippen molar-refractivity contribution in [3.8, 4) is 11.5 Å². The minimum Gasteiger partial charge on any atom is -0.454 e. The number of aryl methyl sites for hydroxylation is 1. The van der Waals surface area contributed by atoms with Crippen molar-refractivity contribution in [1.82, 2.24) is 10.3 Å². The Balaban J connectivity index is 1.36. The second kappa shape index (κ2) is 9.49. The molecule has 0 atom stereocenters. The fourth-order valence-corrected chi connectivity index (χ4v) is 4.08. The SMILES string of the molecule is Cc1cc(Cl)ccc1NC(=NCCc1c[nH]c2ccccc12)NC(=O)c1ccc2c(c1)OCO2. The van der Waals surface area contributed by atoms with Crippen LogP contribution < -0.4 is 20.1 Å². The van der Waals surface area contributed by atoms with E-state index in [1.165, 1.54) is 10.9 Å². The molecule has 172 valence electrons. The highest BCUT2D eigenvalue weighted by Gasteiger charge is 2.17. The third-order valence-corrected chi connectivity index (χ3v) is 5.87. The number of nitrogens with zero attached hydrogens (tertiary/aromatic N) is 1. The Morgan fingerprint density at radius 1 is 1.09 bits per heavy atom. The van der Waals surface area contributed by atoms with Gasteiger partial charge in [0.2, 0.25) is 12.8 Å². The first-order valence-corrected chi connectivity index (χ1v) is 11.3. The fourth-order valence-electron chi connectivity index (χ4n) is 3.85. The topological polar surface area (TPSA) is 87.7 Å². The average Bonchev–Trinajstić information content (AvgIpc) is 3.47. The number of benzene rings is 3. The number of hydrogen-bond acceptors (Lipinski definition) is 4. The maximum Gasteiger partial charge on any atom is 0.258 e. The number of halogens is 1. The lowest BCUT2D eigenvalue weighted by molar-refractivity contribution is 0.0976. The van der Waals surface area contributed by atoms with Gasteiger partial charge in [0, 0.05) is 39.9 Å². The van der Waals surface area contributed by atoms with Crippen LogP contribution in [0.4, 0.5) is 5.69 Å². The molecule has 4 aromatic rings. The Morgan fingerprint density at radius 3 is 2.82 bits per heavy atom. The molecule has 5 rings (SSSR count). The molecule has 0 saturated carbocycles. The van der Waals surface area contributed by atoms with Crippen molar-refractivity contribution in [3.05, 3.63) is 88.6 Å². The number of H-pyrrole nitrogens is 1. The quantitative estimate of drug-likeness (QED) is 0.270. The van der Waals surface area contributed by atoms with Crippen molar-refractivity contribution in [1.29, 1.82) is 0 Å². The zero-order valence-corrected chi connectivity index (χ0v) is 19.3. The van der Waals surface area contributed by atoms with Gasteiger partial charge in [-0.3, -0.25) is 15.1 Å². The number of carbonyl (C=O) groups excluding carboxylic acids is 1. The lowest BCUT2D eigenvalue weighted by Crippen LogP contribution is -2.36. The molecule has 7 nitrogen and oxygen atoms in total. The lowest BCUT2D eigenvalue weighted by Gasteiger charge is -2.14. The average molecular weight is 475 g/mol. The van der Waals surface area contributed by atoms with Crippen molar-refractivity contribution in [3.63, 3.8) is 0 Å². The van der Waals surface area contributed by atoms with Gasteiger partial charge in [-0.1, -0.05) is 29.8 Å². The molecule has 8 heteroatoms. The summed E-state index contributed by atoms with van der Waals surface area (Å²) in [6.45, 7) is 2.58. The number of rotatable bonds is 5. The fraction of sp³-hybridized carbons (Fsp3) is 0.154. The largest absolute Gasteiger partial charge is 0.454 e. The zero-order valence-electron chi connectivity index (χ0n) is 18.5. The van der Waals surface area contributed by atoms with Crippen molar-refractivity contribution in [2.75, 3.05) is 18.7 Å². The Hall–Kier alpha value is -3.97. The summed E-state index contributed by atoms with van der Waals surface area (Å²) in [5, 5.41) is 7.95. The number of guanidine groups is 1. The van der Waals surface area contributed by atoms with Crippen LogP contribution in [0.2, 0.25) is 5.02 Å². The third kappa shape index (κ3) is 4.70. The molecule has 0 unspecified atom stereocenters. The summed E-state index contributed by atoms with van der Waals surface area (Å²) in [5.74, 6) is 1.22. The Bertz CT molecular complexity index is 1400. The normalized spacial score (nSPS) is 12.7. The first kappa shape index (κ1) is 21.9. The molecule has 34 heavy (non-hydrogen) atoms. The number of amides is 1. The number of carbonyl (C=O) groups is 1. The van der Waals surface area contributed by atoms with Gasteiger partial charge in [0.15, 0.2) is 11.5 Å². The van der Waals surface area contributed by atoms with E-state index in [9.17, 15) is 4.79 Å². The van der Waals surface area contributed by atoms with Gasteiger partial charge in [-0.2, -0.15) is 0 Å². The molecule has 1 aliphatic heterocycles. The number of nitrogens with one attached hydrogen (secondary N) is 3. The molecule has 2 heterocycles. The Morgan fingerprint density at radius 2 is 1.94 bits per heavy atom. The second-order valence-electron chi connectivity index (χ2n) is 7.95. The van der Waals surface area contributed by atoms with Gasteiger partial charge in [-0.25, -0.2) is 0 Å². The van der Waals surface area contributed by atoms with Gasteiger partial charge < -0.3 is 19.8 Å². The number of hydrogen-bond donors (Lipinski definition) is 3. The number of aliphatic imine (C=N–C) groups is 1. The van der Waals surface area contributed by atoms with Crippen LogP contribution in [0, 0.1) is 6.92 Å². The molecule has 0 bridgehead atoms. The molecular formula is C26H23ClN4O3. The van der Waals surface area contributed by atoms with Crippen LogP contribution in [-0.2, 0) is 6.42 Å². The van der Waals surface area contributed by atoms with E-state index in [0.29, 0.717) is 41.0 Å². The van der Waals surface area contributed by atoms with Crippen LogP contribution in [0.3, 0.4) is 0 Å². The molecular weight excluding hydrogens is 452 g/mol. The maximum absolute atomic E-state index is 13.0. The summed E-state index contributed by atoms with van der Waals surface area (Å²) in [6.07, 6.45) is 2.72. The van der Waals surface area contributed by atoms with E-state index in [2.05, 4.69) is 26.7 Å². The standard InChI is InChI=1S/C26H23ClN4O3/c1-16-12-19(27)7-8-21(16)30-26(28-11-10-18-14-29-22-5-3-2-4-20(18)22)31-25(32)17-6-9-23-24(13-17)34-15-33-23/h2-9,12-14,29H,10-11,15H2,1H3,(H2,28,30,31,32). The van der Waals surface area contributed by atoms with Gasteiger partial charge in [-0.05, 0) is 66.9 Å². The summed E-state index contributed by atoms with van der Waals surface area (Å²) in [4.78, 5) is 21.0. The molecule has 0 saturated heterocycles. The molecule has 1 aromatic heterocycles. The summed E-state index contributed by atoms with van der Waals surface area (Å²) in [5.41, 5.74) is 4.45. The highest BCUT2D eigenvalue weighted by Crippen LogP contribution is 2.32. The van der Waals surface area contributed by atoms with Gasteiger partial charge in [-0.15, -0.1) is 0 Å². The van der Waals surface area contributed by atoms with Crippen molar-refractivity contribution in [2.24, 2.45) is 4.99 Å². The Kier molecular flexibility index (Phi) is 6.10. The molecule has 0 spiro atoms. The van der Waals surface area contributed by atoms with E-state index >= 15 is 0 Å². The number of para-hydroxylation sites is 1. The monoisotopic (exact) mass is 474 g/mol. The number of fused-ring (bicyclic) bond motifs is 2. The van der Waals surface area contributed by atoms with Crippen LogP contribution in [0.5, 0.6) is 11.5 Å². The molecule has 0 aliphatic carbocycles. The third-order valence-electron chi connectivity index (χ3n) is 5.63. The van der Waals surface area contributed by atoms with Crippen molar-refractivity contribution >= 4 is 40.1 Å². The highest BCUT2D eigenvalue weighted by molar-refractivity contribution is 6.30. The van der Waals surface area contributed by atoms with Gasteiger partial charge in [0.05, 0.1) is 0 Å². The van der Waals surface area contributed by atoms with Crippen molar-refractivity contribution < 1.29 is 14.3 Å². The number of ether oxygens (including phenoxy) is 2. The predicted octanol–water partition coefficient (Wildman–Crippen LogP) is 5.30. The minimum atomic E-state index is -0.303. The predicted molar refractivity (Wildman–Crippen MR) is 134 cm³/mol. The van der Waals surface area contributed by atoms with Crippen molar-refractivity contribution in [2.45, 2.75) is 13.3 Å². The minimum absolute atomic E-state index is 0.151. The maximum atomic E-state index is 13.0. The molecule has 3 aromatic carbocycles. The first-order valence-electron chi connectivity index (χ1n) is 10.9. The smallest absolute Gasteiger partial charge is 0.258 e. The molecule has 1 aliphatic rings. The number of anilines is 1. The van der Waals surface area contributed by atoms with E-state index in [-0.39, 0.29) is 12.7 Å². The van der Waals surface area contributed by atoms with Gasteiger partial charge in [0.25, 0.3) is 5.91 Å². The van der Waals surface area contributed by atoms with Crippen LogP contribution in [-0.4, -0.2) is 30.2 Å². The van der Waals surface area contributed by atoms with E-state index in [4.69, 9.17) is 21.1 Å². The summed E-state index contributed by atoms with van der Waals surface area (Å²) in [6, 6.07) is 18.7. The molecule has 0 fully saturated rings. The summed E-state index contributed by atoms with van der Waals surface area (Å²) < 4.78 is 10.7. The van der Waals surface area contributed by atoms with Crippen LogP contribution in [0.1, 0.15) is 21.5 Å². The van der Waals surface area contributed by atoms with Crippen LogP contribution in [0.15, 0.2) is 71.9 Å². The first-order chi connectivity index (χ1) is 16.6. The van der Waals surface area contributed by atoms with Crippen LogP contribution in [0.25, 0.3) is 10.9 Å². The van der Waals surface area contributed by atoms with E-state index in [1.807, 2.05) is 43.5 Å². The van der Waals surface area contributed by atoms with E-state index in [0.717, 1.165) is 16.8 Å². The summed E-state index contributed by atoms with van der Waals surface area (Å²) >= 11 is 6.10. The second-order valence-corrected chi connectivity index (χ2v) is 8.38. The number of aromatic amines is 1. The van der Waals surface area contributed by atoms with E-state index in [1.54, 1.807) is 24.3 Å². The van der Waals surface area contributed by atoms with Gasteiger partial charge in [0.1, 0.15) is 0 Å². The van der Waals surface area contributed by atoms with Crippen LogP contribution >= 0.6 is 11.6 Å². The van der Waals surface area contributed by atoms with E-state index < -0.39 is 0 Å². The zero-order chi connectivity index (χ0) is 23.5. The Labute approximate surface area is 201 Å². The lowest BCUT2D eigenvalue weighted by atomic mass is 10.1.